The summed E-state index contributed by atoms with van der Waals surface area (Å²) in [6.45, 7) is 0. The fraction of sp³-hybridized carbons (Fsp3) is 0.462. The maximum atomic E-state index is 12.1. The van der Waals surface area contributed by atoms with E-state index in [0.717, 1.165) is 12.8 Å². The minimum Gasteiger partial charge on any atom is -0.294 e. The molecule has 4 rings (SSSR count). The monoisotopic (exact) mass is 229 g/mol. The van der Waals surface area contributed by atoms with E-state index in [1.807, 2.05) is 0 Å². The molecule has 0 radical (unpaired) electrons. The van der Waals surface area contributed by atoms with Crippen molar-refractivity contribution < 1.29 is 4.79 Å². The van der Waals surface area contributed by atoms with E-state index in [-0.39, 0.29) is 11.8 Å². The molecule has 3 atom stereocenters. The first-order valence-electron chi connectivity index (χ1n) is 6.09. The fourth-order valence-corrected chi connectivity index (χ4v) is 2.80. The topological polar surface area (TPSA) is 54.9 Å². The number of hydrogen-bond acceptors (Lipinski definition) is 3. The summed E-state index contributed by atoms with van der Waals surface area (Å²) in [6.07, 6.45) is 11.1. The summed E-state index contributed by atoms with van der Waals surface area (Å²) in [5, 5.41) is 2.80. The summed E-state index contributed by atoms with van der Waals surface area (Å²) < 4.78 is 0. The van der Waals surface area contributed by atoms with Gasteiger partial charge in [0.25, 0.3) is 0 Å². The van der Waals surface area contributed by atoms with Gasteiger partial charge in [-0.2, -0.15) is 0 Å². The van der Waals surface area contributed by atoms with Crippen molar-refractivity contribution in [1.29, 1.82) is 0 Å². The van der Waals surface area contributed by atoms with Gasteiger partial charge in [0.15, 0.2) is 0 Å². The molecule has 3 aliphatic carbocycles. The molecule has 0 saturated heterocycles. The minimum absolute atomic E-state index is 0.0650. The molecule has 0 spiro atoms. The van der Waals surface area contributed by atoms with E-state index in [1.54, 1.807) is 18.5 Å². The van der Waals surface area contributed by atoms with E-state index in [1.165, 1.54) is 6.42 Å². The Morgan fingerprint density at radius 2 is 2.06 bits per heavy atom. The Balaban J connectivity index is 1.70. The Morgan fingerprint density at radius 1 is 1.24 bits per heavy atom. The number of nitrogens with one attached hydrogen (secondary N) is 1. The van der Waals surface area contributed by atoms with Crippen LogP contribution in [-0.4, -0.2) is 15.9 Å². The average molecular weight is 229 g/mol. The third-order valence-corrected chi connectivity index (χ3v) is 3.71. The van der Waals surface area contributed by atoms with E-state index >= 15 is 0 Å². The van der Waals surface area contributed by atoms with Gasteiger partial charge < -0.3 is 0 Å². The van der Waals surface area contributed by atoms with Crippen molar-refractivity contribution in [1.82, 2.24) is 9.97 Å². The number of allylic oxidation sites excluding steroid dienone is 2. The van der Waals surface area contributed by atoms with Crippen LogP contribution in [0.3, 0.4) is 0 Å². The van der Waals surface area contributed by atoms with Crippen molar-refractivity contribution in [2.75, 3.05) is 5.32 Å². The van der Waals surface area contributed by atoms with Crippen LogP contribution < -0.4 is 5.32 Å². The zero-order chi connectivity index (χ0) is 11.7. The zero-order valence-electron chi connectivity index (χ0n) is 9.54. The van der Waals surface area contributed by atoms with Crippen LogP contribution in [0, 0.1) is 17.8 Å². The number of fused-ring (bicyclic) bond motifs is 2. The Labute approximate surface area is 100 Å². The summed E-state index contributed by atoms with van der Waals surface area (Å²) in [5.41, 5.74) is 0. The maximum absolute atomic E-state index is 12.1. The molecule has 1 fully saturated rings. The van der Waals surface area contributed by atoms with Crippen molar-refractivity contribution in [3.63, 3.8) is 0 Å². The summed E-state index contributed by atoms with van der Waals surface area (Å²) >= 11 is 0. The maximum Gasteiger partial charge on any atom is 0.230 e. The number of hydrogen-bond donors (Lipinski definition) is 1. The smallest absolute Gasteiger partial charge is 0.230 e. The van der Waals surface area contributed by atoms with Crippen LogP contribution in [0.2, 0.25) is 0 Å². The van der Waals surface area contributed by atoms with Crippen LogP contribution in [0.15, 0.2) is 30.6 Å². The first kappa shape index (κ1) is 10.4. The number of anilines is 1. The second-order valence-corrected chi connectivity index (χ2v) is 4.79. The number of carbonyl (C=O) groups excluding carboxylic acids is 1. The van der Waals surface area contributed by atoms with Crippen molar-refractivity contribution >= 4 is 11.9 Å². The molecule has 1 heterocycles. The molecule has 1 aromatic heterocycles. The number of carbonyl (C=O) groups is 1. The van der Waals surface area contributed by atoms with Gasteiger partial charge in [-0.05, 0) is 37.2 Å². The average Bonchev–Trinajstić information content (AvgIpc) is 2.41. The highest BCUT2D eigenvalue weighted by Gasteiger charge is 2.36. The normalized spacial score (nSPS) is 30.2. The molecular formula is C13H15N3O. The molecule has 0 unspecified atom stereocenters. The second kappa shape index (κ2) is 4.28. The molecule has 0 aromatic carbocycles. The molecule has 1 aromatic rings. The van der Waals surface area contributed by atoms with Crippen LogP contribution in [0.25, 0.3) is 0 Å². The Bertz CT molecular complexity index is 443. The third kappa shape index (κ3) is 2.07. The van der Waals surface area contributed by atoms with Crippen molar-refractivity contribution in [3.8, 4) is 0 Å². The van der Waals surface area contributed by atoms with Gasteiger partial charge in [-0.3, -0.25) is 10.1 Å². The SMILES string of the molecule is O=C(Nc1ncccn1)[C@@H]1C[C@@H]2C=C[C@H]1CC2. The molecule has 1 amide bonds. The first-order valence-corrected chi connectivity index (χ1v) is 6.09. The molecule has 0 aliphatic heterocycles. The number of amides is 1. The first-order chi connectivity index (χ1) is 8.33. The van der Waals surface area contributed by atoms with E-state index in [9.17, 15) is 4.79 Å². The summed E-state index contributed by atoms with van der Waals surface area (Å²) in [7, 11) is 0. The molecule has 88 valence electrons. The minimum atomic E-state index is 0.0650. The van der Waals surface area contributed by atoms with Gasteiger partial charge >= 0.3 is 0 Å². The van der Waals surface area contributed by atoms with Crippen molar-refractivity contribution in [3.05, 3.63) is 30.6 Å². The molecule has 1 saturated carbocycles. The van der Waals surface area contributed by atoms with Gasteiger partial charge in [-0.1, -0.05) is 12.2 Å². The van der Waals surface area contributed by atoms with Crippen LogP contribution >= 0.6 is 0 Å². The van der Waals surface area contributed by atoms with E-state index in [4.69, 9.17) is 0 Å². The predicted molar refractivity (Wildman–Crippen MR) is 64.1 cm³/mol. The van der Waals surface area contributed by atoms with E-state index in [2.05, 4.69) is 27.4 Å². The molecule has 1 N–H and O–H groups in total. The number of rotatable bonds is 2. The van der Waals surface area contributed by atoms with Crippen LogP contribution in [0.5, 0.6) is 0 Å². The summed E-state index contributed by atoms with van der Waals surface area (Å²) in [4.78, 5) is 20.2. The molecule has 4 nitrogen and oxygen atoms in total. The second-order valence-electron chi connectivity index (χ2n) is 4.79. The van der Waals surface area contributed by atoms with Gasteiger partial charge in [-0.25, -0.2) is 9.97 Å². The van der Waals surface area contributed by atoms with Gasteiger partial charge in [0.2, 0.25) is 11.9 Å². The van der Waals surface area contributed by atoms with Gasteiger partial charge in [0.1, 0.15) is 0 Å². The van der Waals surface area contributed by atoms with Gasteiger partial charge in [0, 0.05) is 18.3 Å². The standard InChI is InChI=1S/C13H15N3O/c17-12(16-13-14-6-1-7-15-13)11-8-9-2-4-10(11)5-3-9/h1-2,4,6-7,9-11H,3,5,8H2,(H,14,15,16,17)/t9-,10+,11-/m1/s1. The van der Waals surface area contributed by atoms with E-state index < -0.39 is 0 Å². The van der Waals surface area contributed by atoms with Crippen LogP contribution in [-0.2, 0) is 4.79 Å². The lowest BCUT2D eigenvalue weighted by molar-refractivity contribution is -0.122. The molecular weight excluding hydrogens is 214 g/mol. The van der Waals surface area contributed by atoms with Gasteiger partial charge in [0.05, 0.1) is 0 Å². The largest absolute Gasteiger partial charge is 0.294 e. The highest BCUT2D eigenvalue weighted by Crippen LogP contribution is 2.40. The van der Waals surface area contributed by atoms with Crippen molar-refractivity contribution in [2.24, 2.45) is 17.8 Å². The summed E-state index contributed by atoms with van der Waals surface area (Å²) in [6, 6.07) is 1.74. The lowest BCUT2D eigenvalue weighted by Crippen LogP contribution is -2.36. The quantitative estimate of drug-likeness (QED) is 0.789. The molecule has 3 aliphatic rings. The van der Waals surface area contributed by atoms with E-state index in [0.29, 0.717) is 17.8 Å². The fourth-order valence-electron chi connectivity index (χ4n) is 2.80. The van der Waals surface area contributed by atoms with Crippen LogP contribution in [0.1, 0.15) is 19.3 Å². The Morgan fingerprint density at radius 3 is 2.65 bits per heavy atom. The lowest BCUT2D eigenvalue weighted by Gasteiger charge is -2.36. The number of aromatic nitrogens is 2. The zero-order valence-corrected chi connectivity index (χ0v) is 9.54. The number of nitrogens with zero attached hydrogens (tertiary/aromatic N) is 2. The Hall–Kier alpha value is -1.71. The van der Waals surface area contributed by atoms with Gasteiger partial charge in [-0.15, -0.1) is 0 Å². The highest BCUT2D eigenvalue weighted by molar-refractivity contribution is 5.91. The molecule has 2 bridgehead atoms. The predicted octanol–water partition coefficient (Wildman–Crippen LogP) is 2.02. The van der Waals surface area contributed by atoms with Crippen molar-refractivity contribution in [2.45, 2.75) is 19.3 Å². The third-order valence-electron chi connectivity index (χ3n) is 3.71. The summed E-state index contributed by atoms with van der Waals surface area (Å²) in [5.74, 6) is 1.57. The Kier molecular flexibility index (Phi) is 2.63. The molecule has 17 heavy (non-hydrogen) atoms. The highest BCUT2D eigenvalue weighted by atomic mass is 16.2. The molecule has 4 heteroatoms. The lowest BCUT2D eigenvalue weighted by atomic mass is 9.69. The van der Waals surface area contributed by atoms with Crippen LogP contribution in [0.4, 0.5) is 5.95 Å².